The Morgan fingerprint density at radius 1 is 1.12 bits per heavy atom. The molecule has 1 aromatic heterocycles. The number of para-hydroxylation sites is 1. The van der Waals surface area contributed by atoms with Crippen molar-refractivity contribution in [3.63, 3.8) is 0 Å². The van der Waals surface area contributed by atoms with Crippen molar-refractivity contribution in [1.29, 1.82) is 0 Å². The van der Waals surface area contributed by atoms with Crippen molar-refractivity contribution < 1.29 is 9.13 Å². The van der Waals surface area contributed by atoms with Gasteiger partial charge in [0.2, 0.25) is 5.75 Å². The van der Waals surface area contributed by atoms with E-state index in [-0.39, 0.29) is 11.5 Å². The van der Waals surface area contributed by atoms with Crippen LogP contribution in [-0.2, 0) is 0 Å². The fourth-order valence-corrected chi connectivity index (χ4v) is 1.12. The summed E-state index contributed by atoms with van der Waals surface area (Å²) in [7, 11) is 0. The Labute approximate surface area is 88.5 Å². The maximum atomic E-state index is 13.2. The van der Waals surface area contributed by atoms with Gasteiger partial charge in [-0.1, -0.05) is 12.1 Å². The SMILES string of the molecule is O=c1[nH]cc(Oc2ccccc2F)c(=O)[nH]1. The third kappa shape index (κ3) is 2.00. The number of benzene rings is 1. The fraction of sp³-hybridized carbons (Fsp3) is 0. The number of ether oxygens (including phenoxy) is 1. The molecule has 0 aliphatic heterocycles. The maximum Gasteiger partial charge on any atom is 0.325 e. The van der Waals surface area contributed by atoms with Crippen LogP contribution >= 0.6 is 0 Å². The zero-order chi connectivity index (χ0) is 11.5. The summed E-state index contributed by atoms with van der Waals surface area (Å²) in [6, 6.07) is 5.65. The van der Waals surface area contributed by atoms with E-state index in [1.807, 2.05) is 4.98 Å². The third-order valence-corrected chi connectivity index (χ3v) is 1.84. The monoisotopic (exact) mass is 222 g/mol. The van der Waals surface area contributed by atoms with E-state index in [0.717, 1.165) is 6.20 Å². The molecular weight excluding hydrogens is 215 g/mol. The van der Waals surface area contributed by atoms with Crippen LogP contribution in [0.2, 0.25) is 0 Å². The van der Waals surface area contributed by atoms with Gasteiger partial charge in [0.1, 0.15) is 0 Å². The second-order valence-corrected chi connectivity index (χ2v) is 2.97. The van der Waals surface area contributed by atoms with Gasteiger partial charge in [-0.15, -0.1) is 0 Å². The molecule has 0 aliphatic rings. The van der Waals surface area contributed by atoms with Gasteiger partial charge in [0.05, 0.1) is 6.20 Å². The molecule has 0 unspecified atom stereocenters. The van der Waals surface area contributed by atoms with Crippen LogP contribution in [-0.4, -0.2) is 9.97 Å². The quantitative estimate of drug-likeness (QED) is 0.795. The van der Waals surface area contributed by atoms with Crippen molar-refractivity contribution in [2.45, 2.75) is 0 Å². The number of hydrogen-bond donors (Lipinski definition) is 2. The van der Waals surface area contributed by atoms with Gasteiger partial charge >= 0.3 is 5.69 Å². The highest BCUT2D eigenvalue weighted by Crippen LogP contribution is 2.20. The fourth-order valence-electron chi connectivity index (χ4n) is 1.12. The molecular formula is C10H7FN2O3. The van der Waals surface area contributed by atoms with Crippen LogP contribution in [0.5, 0.6) is 11.5 Å². The molecule has 2 rings (SSSR count). The predicted octanol–water partition coefficient (Wildman–Crippen LogP) is 0.995. The topological polar surface area (TPSA) is 75.0 Å². The normalized spacial score (nSPS) is 10.1. The molecule has 2 N–H and O–H groups in total. The first-order valence-electron chi connectivity index (χ1n) is 4.41. The van der Waals surface area contributed by atoms with Crippen molar-refractivity contribution in [3.05, 3.63) is 57.1 Å². The lowest BCUT2D eigenvalue weighted by Gasteiger charge is -2.04. The Balaban J connectivity index is 2.38. The van der Waals surface area contributed by atoms with E-state index in [1.54, 1.807) is 6.07 Å². The number of hydrogen-bond acceptors (Lipinski definition) is 3. The van der Waals surface area contributed by atoms with Crippen molar-refractivity contribution in [2.75, 3.05) is 0 Å². The van der Waals surface area contributed by atoms with Crippen LogP contribution in [0.1, 0.15) is 0 Å². The first-order chi connectivity index (χ1) is 7.66. The number of aromatic nitrogens is 2. The summed E-state index contributed by atoms with van der Waals surface area (Å²) in [6.45, 7) is 0. The number of rotatable bonds is 2. The summed E-state index contributed by atoms with van der Waals surface area (Å²) in [6.07, 6.45) is 1.08. The maximum absolute atomic E-state index is 13.2. The van der Waals surface area contributed by atoms with E-state index in [9.17, 15) is 14.0 Å². The zero-order valence-corrected chi connectivity index (χ0v) is 7.99. The molecule has 0 atom stereocenters. The number of aromatic amines is 2. The minimum Gasteiger partial charge on any atom is -0.447 e. The summed E-state index contributed by atoms with van der Waals surface area (Å²) in [5.74, 6) is -0.849. The summed E-state index contributed by atoms with van der Waals surface area (Å²) < 4.78 is 18.2. The van der Waals surface area contributed by atoms with Crippen molar-refractivity contribution >= 4 is 0 Å². The van der Waals surface area contributed by atoms with Gasteiger partial charge in [-0.05, 0) is 12.1 Å². The van der Waals surface area contributed by atoms with Crippen molar-refractivity contribution in [3.8, 4) is 11.5 Å². The highest BCUT2D eigenvalue weighted by molar-refractivity contribution is 5.28. The molecule has 2 aromatic rings. The predicted molar refractivity (Wildman–Crippen MR) is 54.2 cm³/mol. The lowest BCUT2D eigenvalue weighted by atomic mass is 10.3. The first-order valence-corrected chi connectivity index (χ1v) is 4.41. The van der Waals surface area contributed by atoms with Crippen LogP contribution in [0.3, 0.4) is 0 Å². The van der Waals surface area contributed by atoms with E-state index >= 15 is 0 Å². The van der Waals surface area contributed by atoms with Crippen LogP contribution in [0.4, 0.5) is 4.39 Å². The molecule has 5 nitrogen and oxygen atoms in total. The molecule has 0 saturated carbocycles. The second-order valence-electron chi connectivity index (χ2n) is 2.97. The lowest BCUT2D eigenvalue weighted by Crippen LogP contribution is -2.22. The van der Waals surface area contributed by atoms with Gasteiger partial charge in [-0.3, -0.25) is 9.78 Å². The zero-order valence-electron chi connectivity index (χ0n) is 7.99. The van der Waals surface area contributed by atoms with Crippen LogP contribution in [0.25, 0.3) is 0 Å². The van der Waals surface area contributed by atoms with Crippen LogP contribution < -0.4 is 16.0 Å². The summed E-state index contributed by atoms with van der Waals surface area (Å²) >= 11 is 0. The smallest absolute Gasteiger partial charge is 0.325 e. The van der Waals surface area contributed by atoms with Gasteiger partial charge in [-0.25, -0.2) is 9.18 Å². The van der Waals surface area contributed by atoms with E-state index in [1.165, 1.54) is 18.2 Å². The summed E-state index contributed by atoms with van der Waals surface area (Å²) in [5.41, 5.74) is -1.36. The standard InChI is InChI=1S/C10H7FN2O3/c11-6-3-1-2-4-7(6)16-8-5-12-10(15)13-9(8)14/h1-5H,(H2,12,13,14,15). The largest absolute Gasteiger partial charge is 0.447 e. The highest BCUT2D eigenvalue weighted by Gasteiger charge is 2.06. The Morgan fingerprint density at radius 3 is 2.56 bits per heavy atom. The molecule has 0 fully saturated rings. The number of H-pyrrole nitrogens is 2. The van der Waals surface area contributed by atoms with Gasteiger partial charge in [-0.2, -0.15) is 0 Å². The average Bonchev–Trinajstić information content (AvgIpc) is 2.25. The molecule has 16 heavy (non-hydrogen) atoms. The molecule has 1 aromatic carbocycles. The van der Waals surface area contributed by atoms with Crippen molar-refractivity contribution in [2.24, 2.45) is 0 Å². The van der Waals surface area contributed by atoms with Crippen molar-refractivity contribution in [1.82, 2.24) is 9.97 Å². The van der Waals surface area contributed by atoms with Gasteiger partial charge in [0.15, 0.2) is 11.6 Å². The molecule has 1 heterocycles. The van der Waals surface area contributed by atoms with Gasteiger partial charge in [0.25, 0.3) is 5.56 Å². The molecule has 6 heteroatoms. The molecule has 0 aliphatic carbocycles. The van der Waals surface area contributed by atoms with E-state index in [2.05, 4.69) is 4.98 Å². The van der Waals surface area contributed by atoms with E-state index < -0.39 is 17.1 Å². The molecule has 82 valence electrons. The summed E-state index contributed by atoms with van der Waals surface area (Å²) in [4.78, 5) is 26.1. The van der Waals surface area contributed by atoms with E-state index in [4.69, 9.17) is 4.74 Å². The first kappa shape index (κ1) is 10.2. The van der Waals surface area contributed by atoms with Gasteiger partial charge in [0, 0.05) is 0 Å². The summed E-state index contributed by atoms with van der Waals surface area (Å²) in [5, 5.41) is 0. The Kier molecular flexibility index (Phi) is 2.55. The third-order valence-electron chi connectivity index (χ3n) is 1.84. The Bertz CT molecular complexity index is 618. The molecule has 0 radical (unpaired) electrons. The average molecular weight is 222 g/mol. The van der Waals surface area contributed by atoms with Gasteiger partial charge < -0.3 is 9.72 Å². The Hall–Kier alpha value is -2.37. The molecule has 0 amide bonds. The van der Waals surface area contributed by atoms with E-state index in [0.29, 0.717) is 0 Å². The number of halogens is 1. The molecule has 0 spiro atoms. The molecule has 0 saturated heterocycles. The minimum absolute atomic E-state index is 0.0833. The second kappa shape index (κ2) is 4.01. The lowest BCUT2D eigenvalue weighted by molar-refractivity contribution is 0.434. The number of nitrogens with one attached hydrogen (secondary N) is 2. The van der Waals surface area contributed by atoms with Crippen LogP contribution in [0, 0.1) is 5.82 Å². The Morgan fingerprint density at radius 2 is 1.88 bits per heavy atom. The molecule has 0 bridgehead atoms. The minimum atomic E-state index is -0.716. The van der Waals surface area contributed by atoms with Crippen LogP contribution in [0.15, 0.2) is 40.1 Å². The highest BCUT2D eigenvalue weighted by atomic mass is 19.1.